The van der Waals surface area contributed by atoms with Crippen LogP contribution >= 0.6 is 0 Å². The molecule has 0 saturated carbocycles. The van der Waals surface area contributed by atoms with Gasteiger partial charge in [-0.2, -0.15) is 8.42 Å². The molecule has 0 radical (unpaired) electrons. The van der Waals surface area contributed by atoms with Gasteiger partial charge in [0.15, 0.2) is 0 Å². The summed E-state index contributed by atoms with van der Waals surface area (Å²) in [6, 6.07) is 0. The van der Waals surface area contributed by atoms with Gasteiger partial charge in [-0.3, -0.25) is 9.26 Å². The van der Waals surface area contributed by atoms with Crippen molar-refractivity contribution in [1.29, 1.82) is 0 Å². The molecule has 0 atom stereocenters. The van der Waals surface area contributed by atoms with Gasteiger partial charge in [-0.05, 0) is 0 Å². The second kappa shape index (κ2) is 5.23. The minimum atomic E-state index is -3.67. The molecule has 0 heterocycles. The Morgan fingerprint density at radius 3 is 1.43 bits per heavy atom. The van der Waals surface area contributed by atoms with E-state index >= 15 is 0 Å². The van der Waals surface area contributed by atoms with Crippen molar-refractivity contribution in [2.75, 3.05) is 6.26 Å². The fraction of sp³-hybridized carbons (Fsp3) is 1.00. The van der Waals surface area contributed by atoms with Crippen molar-refractivity contribution in [3.63, 3.8) is 0 Å². The molecule has 0 aliphatic carbocycles. The smallest absolute Gasteiger partial charge is 0.261 e. The Kier molecular flexibility index (Phi) is 11.7. The summed E-state index contributed by atoms with van der Waals surface area (Å²) >= 11 is 0. The standard InChI is InChI=1S/CH4O3S.Er.FH/c1-5(2,3)4;;/h1H3,(H,2,3,4);;1H. The van der Waals surface area contributed by atoms with Crippen molar-refractivity contribution < 1.29 is 55.0 Å². The van der Waals surface area contributed by atoms with E-state index in [0.29, 0.717) is 6.26 Å². The molecule has 0 aromatic heterocycles. The van der Waals surface area contributed by atoms with Gasteiger partial charge in [-0.25, -0.2) is 0 Å². The molecule has 6 heteroatoms. The Morgan fingerprint density at radius 1 is 1.43 bits per heavy atom. The molecule has 3 nitrogen and oxygen atoms in total. The minimum Gasteiger partial charge on any atom is -0.286 e. The van der Waals surface area contributed by atoms with Gasteiger partial charge < -0.3 is 0 Å². The average molecular weight is 283 g/mol. The maximum atomic E-state index is 9.19. The first kappa shape index (κ1) is 15.7. The molecule has 52 valence electrons. The Labute approximate surface area is 70.8 Å². The molecule has 0 bridgehead atoms. The van der Waals surface area contributed by atoms with E-state index in [1.807, 2.05) is 0 Å². The van der Waals surface area contributed by atoms with E-state index in [2.05, 4.69) is 0 Å². The molecule has 0 rings (SSSR count). The van der Waals surface area contributed by atoms with Crippen molar-refractivity contribution in [2.45, 2.75) is 0 Å². The number of hydrogen-bond acceptors (Lipinski definition) is 2. The second-order valence-corrected chi connectivity index (χ2v) is 2.20. The van der Waals surface area contributed by atoms with Crippen molar-refractivity contribution in [3.8, 4) is 0 Å². The van der Waals surface area contributed by atoms with Crippen molar-refractivity contribution >= 4 is 10.1 Å². The van der Waals surface area contributed by atoms with E-state index in [4.69, 9.17) is 4.55 Å². The van der Waals surface area contributed by atoms with Crippen LogP contribution in [0, 0.1) is 37.3 Å². The van der Waals surface area contributed by atoms with E-state index in [9.17, 15) is 8.42 Å². The van der Waals surface area contributed by atoms with Gasteiger partial charge in [0, 0.05) is 37.3 Å². The Bertz CT molecular complexity index is 98.1. The van der Waals surface area contributed by atoms with Crippen LogP contribution in [0.4, 0.5) is 4.70 Å². The molecule has 0 unspecified atom stereocenters. The number of hydrogen-bond donors (Lipinski definition) is 1. The Hall–Kier alpha value is 1.09. The summed E-state index contributed by atoms with van der Waals surface area (Å²) in [6.45, 7) is 0. The fourth-order valence-corrected chi connectivity index (χ4v) is 0. The monoisotopic (exact) mass is 282 g/mol. The molecule has 0 saturated heterocycles. The molecule has 0 spiro atoms. The van der Waals surface area contributed by atoms with E-state index in [1.54, 1.807) is 0 Å². The van der Waals surface area contributed by atoms with Crippen LogP contribution in [0.15, 0.2) is 0 Å². The molecule has 0 aliphatic rings. The van der Waals surface area contributed by atoms with Gasteiger partial charge in [0.25, 0.3) is 10.1 Å². The van der Waals surface area contributed by atoms with Crippen molar-refractivity contribution in [2.24, 2.45) is 0 Å². The predicted octanol–water partition coefficient (Wildman–Crippen LogP) is -0.343. The van der Waals surface area contributed by atoms with Crippen LogP contribution in [0.25, 0.3) is 0 Å². The maximum Gasteiger partial charge on any atom is 0.261 e. The molecular formula is CH5ErFO3S. The SMILES string of the molecule is CS(=O)(=O)O.F.[Er]. The zero-order chi connectivity index (χ0) is 4.50. The van der Waals surface area contributed by atoms with E-state index < -0.39 is 10.1 Å². The minimum absolute atomic E-state index is 0. The fourth-order valence-electron chi connectivity index (χ4n) is 0. The second-order valence-electron chi connectivity index (χ2n) is 0.733. The molecule has 0 aromatic rings. The quantitative estimate of drug-likeness (QED) is 0.619. The Balaban J connectivity index is -0.0000000800. The van der Waals surface area contributed by atoms with Gasteiger partial charge >= 0.3 is 0 Å². The van der Waals surface area contributed by atoms with Crippen LogP contribution < -0.4 is 0 Å². The third-order valence-electron chi connectivity index (χ3n) is 0. The summed E-state index contributed by atoms with van der Waals surface area (Å²) in [5.41, 5.74) is 0. The molecule has 0 fully saturated rings. The summed E-state index contributed by atoms with van der Waals surface area (Å²) < 4.78 is 25.9. The normalized spacial score (nSPS) is 8.29. The van der Waals surface area contributed by atoms with Crippen LogP contribution in [0.5, 0.6) is 0 Å². The number of rotatable bonds is 0. The van der Waals surface area contributed by atoms with Crippen LogP contribution in [0.2, 0.25) is 0 Å². The molecule has 0 aliphatic heterocycles. The largest absolute Gasteiger partial charge is 0.286 e. The third-order valence-corrected chi connectivity index (χ3v) is 0. The Morgan fingerprint density at radius 2 is 1.43 bits per heavy atom. The average Bonchev–Trinajstić information content (AvgIpc) is 0.722. The summed E-state index contributed by atoms with van der Waals surface area (Å²) in [4.78, 5) is 0. The molecular weight excluding hydrogens is 278 g/mol. The molecule has 0 amide bonds. The zero-order valence-corrected chi connectivity index (χ0v) is 6.04. The summed E-state index contributed by atoms with van der Waals surface area (Å²) in [5.74, 6) is 0. The first-order valence-corrected chi connectivity index (χ1v) is 2.77. The van der Waals surface area contributed by atoms with Crippen molar-refractivity contribution in [1.82, 2.24) is 0 Å². The first-order chi connectivity index (χ1) is 2.00. The first-order valence-electron chi connectivity index (χ1n) is 0.924. The molecule has 1 N–H and O–H groups in total. The zero-order valence-electron chi connectivity index (χ0n) is 3.37. The topological polar surface area (TPSA) is 54.4 Å². The van der Waals surface area contributed by atoms with Crippen LogP contribution in [0.3, 0.4) is 0 Å². The summed E-state index contributed by atoms with van der Waals surface area (Å²) in [5, 5.41) is 0. The van der Waals surface area contributed by atoms with E-state index in [-0.39, 0.29) is 42.0 Å². The van der Waals surface area contributed by atoms with Crippen LogP contribution in [0.1, 0.15) is 0 Å². The van der Waals surface area contributed by atoms with E-state index in [1.165, 1.54) is 0 Å². The van der Waals surface area contributed by atoms with Gasteiger partial charge in [0.05, 0.1) is 6.26 Å². The van der Waals surface area contributed by atoms with E-state index in [0.717, 1.165) is 0 Å². The number of halogens is 1. The van der Waals surface area contributed by atoms with Gasteiger partial charge in [-0.15, -0.1) is 0 Å². The van der Waals surface area contributed by atoms with Crippen molar-refractivity contribution in [3.05, 3.63) is 0 Å². The third kappa shape index (κ3) is 155. The van der Waals surface area contributed by atoms with Crippen LogP contribution in [-0.4, -0.2) is 19.2 Å². The molecule has 0 aromatic carbocycles. The summed E-state index contributed by atoms with van der Waals surface area (Å²) in [6.07, 6.45) is 0.715. The molecule has 7 heavy (non-hydrogen) atoms. The summed E-state index contributed by atoms with van der Waals surface area (Å²) in [7, 11) is -3.67. The van der Waals surface area contributed by atoms with Gasteiger partial charge in [0.1, 0.15) is 0 Å². The van der Waals surface area contributed by atoms with Gasteiger partial charge in [0.2, 0.25) is 0 Å². The van der Waals surface area contributed by atoms with Crippen LogP contribution in [-0.2, 0) is 10.1 Å². The predicted molar refractivity (Wildman–Crippen MR) is 20.0 cm³/mol. The maximum absolute atomic E-state index is 9.19. The van der Waals surface area contributed by atoms with Gasteiger partial charge in [-0.1, -0.05) is 0 Å².